The van der Waals surface area contributed by atoms with Gasteiger partial charge < -0.3 is 0 Å². The molecule has 1 aliphatic heterocycles. The molecule has 0 aliphatic carbocycles. The second kappa shape index (κ2) is 4.36. The predicted molar refractivity (Wildman–Crippen MR) is 65.0 cm³/mol. The highest BCUT2D eigenvalue weighted by molar-refractivity contribution is 5.32. The monoisotopic (exact) mass is 203 g/mol. The molecule has 0 fully saturated rings. The van der Waals surface area contributed by atoms with Crippen molar-refractivity contribution < 1.29 is 0 Å². The fraction of sp³-hybridized carbons (Fsp3) is 0.571. The van der Waals surface area contributed by atoms with Gasteiger partial charge in [0, 0.05) is 12.6 Å². The summed E-state index contributed by atoms with van der Waals surface area (Å²) in [6, 6.07) is 9.56. The molecule has 0 bridgehead atoms. The van der Waals surface area contributed by atoms with Crippen LogP contribution in [0.3, 0.4) is 0 Å². The zero-order valence-corrected chi connectivity index (χ0v) is 10.0. The zero-order chi connectivity index (χ0) is 10.8. The topological polar surface area (TPSA) is 3.24 Å². The van der Waals surface area contributed by atoms with Crippen LogP contribution in [0.25, 0.3) is 0 Å². The van der Waals surface area contributed by atoms with Crippen LogP contribution in [0, 0.1) is 5.92 Å². The Morgan fingerprint density at radius 2 is 2.07 bits per heavy atom. The Labute approximate surface area is 93.1 Å². The first kappa shape index (κ1) is 10.7. The largest absolute Gasteiger partial charge is 0.299 e. The van der Waals surface area contributed by atoms with E-state index in [1.807, 2.05) is 0 Å². The van der Waals surface area contributed by atoms with E-state index in [0.717, 1.165) is 5.92 Å². The third kappa shape index (κ3) is 2.23. The van der Waals surface area contributed by atoms with Crippen LogP contribution < -0.4 is 0 Å². The number of nitrogens with zero attached hydrogens (tertiary/aromatic N) is 1. The average Bonchev–Trinajstić information content (AvgIpc) is 2.22. The Bertz CT molecular complexity index is 330. The van der Waals surface area contributed by atoms with E-state index in [1.54, 1.807) is 11.1 Å². The lowest BCUT2D eigenvalue weighted by molar-refractivity contribution is 0.202. The van der Waals surface area contributed by atoms with Crippen molar-refractivity contribution >= 4 is 0 Å². The summed E-state index contributed by atoms with van der Waals surface area (Å²) in [5, 5.41) is 0. The normalized spacial score (nSPS) is 21.7. The van der Waals surface area contributed by atoms with Gasteiger partial charge in [0.15, 0.2) is 0 Å². The first-order valence-electron chi connectivity index (χ1n) is 5.96. The number of hydrogen-bond acceptors (Lipinski definition) is 1. The van der Waals surface area contributed by atoms with Crippen molar-refractivity contribution in [1.29, 1.82) is 0 Å². The summed E-state index contributed by atoms with van der Waals surface area (Å²) in [5.74, 6) is 0.767. The Balaban J connectivity index is 2.28. The van der Waals surface area contributed by atoms with Crippen LogP contribution in [0.15, 0.2) is 24.3 Å². The van der Waals surface area contributed by atoms with Crippen LogP contribution in [-0.2, 0) is 6.42 Å². The van der Waals surface area contributed by atoms with Crippen molar-refractivity contribution in [3.05, 3.63) is 35.4 Å². The molecular formula is C14H21N. The third-order valence-corrected chi connectivity index (χ3v) is 3.37. The highest BCUT2D eigenvalue weighted by atomic mass is 15.1. The molecule has 2 rings (SSSR count). The molecule has 15 heavy (non-hydrogen) atoms. The maximum Gasteiger partial charge on any atom is 0.0350 e. The van der Waals surface area contributed by atoms with Crippen LogP contribution in [-0.4, -0.2) is 18.5 Å². The van der Waals surface area contributed by atoms with Gasteiger partial charge in [-0.2, -0.15) is 0 Å². The average molecular weight is 203 g/mol. The van der Waals surface area contributed by atoms with Gasteiger partial charge in [-0.05, 0) is 36.9 Å². The number of hydrogen-bond donors (Lipinski definition) is 0. The summed E-state index contributed by atoms with van der Waals surface area (Å²) in [5.41, 5.74) is 3.11. The third-order valence-electron chi connectivity index (χ3n) is 3.37. The molecule has 82 valence electrons. The minimum atomic E-state index is 0.634. The van der Waals surface area contributed by atoms with Crippen molar-refractivity contribution in [2.45, 2.75) is 32.7 Å². The van der Waals surface area contributed by atoms with Gasteiger partial charge >= 0.3 is 0 Å². The standard InChI is InChI=1S/C14H21N/c1-11(2)10-14-13-7-5-4-6-12(13)8-9-15(14)3/h4-7,11,14H,8-10H2,1-3H3. The molecule has 1 aromatic carbocycles. The Hall–Kier alpha value is -0.820. The number of rotatable bonds is 2. The van der Waals surface area contributed by atoms with Gasteiger partial charge in [-0.15, -0.1) is 0 Å². The molecule has 1 heterocycles. The second-order valence-electron chi connectivity index (χ2n) is 5.07. The molecular weight excluding hydrogens is 182 g/mol. The van der Waals surface area contributed by atoms with E-state index in [0.29, 0.717) is 6.04 Å². The van der Waals surface area contributed by atoms with Crippen LogP contribution in [0.5, 0.6) is 0 Å². The highest BCUT2D eigenvalue weighted by Gasteiger charge is 2.24. The molecule has 1 atom stereocenters. The smallest absolute Gasteiger partial charge is 0.0350 e. The van der Waals surface area contributed by atoms with E-state index in [1.165, 1.54) is 19.4 Å². The van der Waals surface area contributed by atoms with E-state index >= 15 is 0 Å². The summed E-state index contributed by atoms with van der Waals surface area (Å²) in [7, 11) is 2.25. The first-order valence-corrected chi connectivity index (χ1v) is 5.96. The van der Waals surface area contributed by atoms with Crippen LogP contribution in [0.2, 0.25) is 0 Å². The molecule has 0 radical (unpaired) electrons. The summed E-state index contributed by atoms with van der Waals surface area (Å²) < 4.78 is 0. The lowest BCUT2D eigenvalue weighted by Gasteiger charge is -2.35. The minimum absolute atomic E-state index is 0.634. The molecule has 1 aromatic rings. The van der Waals surface area contributed by atoms with Gasteiger partial charge in [-0.25, -0.2) is 0 Å². The molecule has 0 saturated heterocycles. The molecule has 0 aromatic heterocycles. The second-order valence-corrected chi connectivity index (χ2v) is 5.07. The van der Waals surface area contributed by atoms with Crippen molar-refractivity contribution in [1.82, 2.24) is 4.90 Å². The van der Waals surface area contributed by atoms with E-state index < -0.39 is 0 Å². The molecule has 0 amide bonds. The Morgan fingerprint density at radius 1 is 1.33 bits per heavy atom. The first-order chi connectivity index (χ1) is 7.18. The summed E-state index contributed by atoms with van der Waals surface area (Å²) >= 11 is 0. The molecule has 1 unspecified atom stereocenters. The van der Waals surface area contributed by atoms with Gasteiger partial charge in [0.05, 0.1) is 0 Å². The lowest BCUT2D eigenvalue weighted by atomic mass is 9.88. The minimum Gasteiger partial charge on any atom is -0.299 e. The Morgan fingerprint density at radius 3 is 2.80 bits per heavy atom. The molecule has 1 aliphatic rings. The maximum absolute atomic E-state index is 2.50. The number of benzene rings is 1. The maximum atomic E-state index is 2.50. The fourth-order valence-electron chi connectivity index (χ4n) is 2.53. The van der Waals surface area contributed by atoms with Crippen LogP contribution >= 0.6 is 0 Å². The molecule has 1 heteroatoms. The van der Waals surface area contributed by atoms with Gasteiger partial charge in [-0.3, -0.25) is 4.90 Å². The van der Waals surface area contributed by atoms with Crippen molar-refractivity contribution in [3.8, 4) is 0 Å². The van der Waals surface area contributed by atoms with Crippen LogP contribution in [0.1, 0.15) is 37.4 Å². The van der Waals surface area contributed by atoms with Crippen molar-refractivity contribution in [2.75, 3.05) is 13.6 Å². The van der Waals surface area contributed by atoms with E-state index in [-0.39, 0.29) is 0 Å². The molecule has 0 N–H and O–H groups in total. The summed E-state index contributed by atoms with van der Waals surface area (Å²) in [6.07, 6.45) is 2.48. The van der Waals surface area contributed by atoms with Gasteiger partial charge in [0.2, 0.25) is 0 Å². The predicted octanol–water partition coefficient (Wildman–Crippen LogP) is 3.26. The van der Waals surface area contributed by atoms with Crippen molar-refractivity contribution in [2.24, 2.45) is 5.92 Å². The molecule has 0 saturated carbocycles. The van der Waals surface area contributed by atoms with Crippen molar-refractivity contribution in [3.63, 3.8) is 0 Å². The Kier molecular flexibility index (Phi) is 3.11. The van der Waals surface area contributed by atoms with E-state index in [4.69, 9.17) is 0 Å². The quantitative estimate of drug-likeness (QED) is 0.713. The van der Waals surface area contributed by atoms with E-state index in [9.17, 15) is 0 Å². The molecule has 1 nitrogen and oxygen atoms in total. The number of fused-ring (bicyclic) bond motifs is 1. The SMILES string of the molecule is CC(C)CC1c2ccccc2CCN1C. The fourth-order valence-corrected chi connectivity index (χ4v) is 2.53. The van der Waals surface area contributed by atoms with Gasteiger partial charge in [-0.1, -0.05) is 38.1 Å². The molecule has 0 spiro atoms. The van der Waals surface area contributed by atoms with Gasteiger partial charge in [0.25, 0.3) is 0 Å². The summed E-state index contributed by atoms with van der Waals surface area (Å²) in [4.78, 5) is 2.50. The summed E-state index contributed by atoms with van der Waals surface area (Å²) in [6.45, 7) is 5.82. The number of likely N-dealkylation sites (N-methyl/N-ethyl adjacent to an activating group) is 1. The lowest BCUT2D eigenvalue weighted by Crippen LogP contribution is -2.32. The zero-order valence-electron chi connectivity index (χ0n) is 10.0. The van der Waals surface area contributed by atoms with Crippen LogP contribution in [0.4, 0.5) is 0 Å². The van der Waals surface area contributed by atoms with Gasteiger partial charge in [0.1, 0.15) is 0 Å². The highest BCUT2D eigenvalue weighted by Crippen LogP contribution is 2.32. The van der Waals surface area contributed by atoms with E-state index in [2.05, 4.69) is 50.1 Å².